The largest absolute Gasteiger partial charge is 0.324 e. The molecule has 1 heterocycles. The highest BCUT2D eigenvalue weighted by atomic mass is 16.2. The van der Waals surface area contributed by atoms with Crippen LogP contribution in [-0.2, 0) is 4.79 Å². The first-order valence-electron chi connectivity index (χ1n) is 10.4. The molecule has 3 N–H and O–H groups in total. The maximum atomic E-state index is 13.0. The molecule has 1 aromatic heterocycles. The van der Waals surface area contributed by atoms with Crippen molar-refractivity contribution >= 4 is 11.6 Å². The molecule has 1 amide bonds. The van der Waals surface area contributed by atoms with Crippen LogP contribution in [-0.4, -0.2) is 22.6 Å². The Balaban J connectivity index is 1.44. The molecule has 3 aromatic rings. The number of carbonyl (C=O) groups is 1. The molecule has 0 bridgehead atoms. The van der Waals surface area contributed by atoms with Gasteiger partial charge in [0.25, 0.3) is 0 Å². The van der Waals surface area contributed by atoms with Gasteiger partial charge in [-0.2, -0.15) is 5.10 Å². The van der Waals surface area contributed by atoms with Crippen molar-refractivity contribution in [2.75, 3.05) is 11.9 Å². The minimum absolute atomic E-state index is 0.0482. The van der Waals surface area contributed by atoms with Crippen molar-refractivity contribution < 1.29 is 4.79 Å². The number of aromatic nitrogens is 2. The maximum Gasteiger partial charge on any atom is 0.246 e. The third-order valence-corrected chi connectivity index (χ3v) is 5.77. The van der Waals surface area contributed by atoms with Gasteiger partial charge in [-0.25, -0.2) is 0 Å². The van der Waals surface area contributed by atoms with E-state index in [1.165, 1.54) is 18.4 Å². The number of amides is 1. The number of nitrogens with one attached hydrogen (secondary N) is 3. The number of aromatic amines is 1. The highest BCUT2D eigenvalue weighted by Crippen LogP contribution is 2.41. The van der Waals surface area contributed by atoms with Gasteiger partial charge in [-0.05, 0) is 60.0 Å². The number of carbonyl (C=O) groups excluding carboxylic acids is 1. The van der Waals surface area contributed by atoms with E-state index in [0.717, 1.165) is 34.8 Å². The number of benzene rings is 2. The second-order valence-corrected chi connectivity index (χ2v) is 7.98. The van der Waals surface area contributed by atoms with E-state index < -0.39 is 0 Å². The predicted octanol–water partition coefficient (Wildman–Crippen LogP) is 4.88. The smallest absolute Gasteiger partial charge is 0.246 e. The Morgan fingerprint density at radius 2 is 1.83 bits per heavy atom. The summed E-state index contributed by atoms with van der Waals surface area (Å²) in [6.45, 7) is 5.04. The Morgan fingerprint density at radius 1 is 1.10 bits per heavy atom. The zero-order chi connectivity index (χ0) is 20.2. The van der Waals surface area contributed by atoms with Crippen LogP contribution < -0.4 is 10.6 Å². The predicted molar refractivity (Wildman–Crippen MR) is 117 cm³/mol. The molecular weight excluding hydrogens is 360 g/mol. The summed E-state index contributed by atoms with van der Waals surface area (Å²) >= 11 is 0. The molecule has 1 atom stereocenters. The molecule has 0 spiro atoms. The molecule has 0 saturated heterocycles. The molecule has 0 radical (unpaired) electrons. The molecule has 2 aromatic carbocycles. The van der Waals surface area contributed by atoms with Crippen LogP contribution in [0.25, 0.3) is 11.1 Å². The number of hydrogen-bond acceptors (Lipinski definition) is 3. The zero-order valence-corrected chi connectivity index (χ0v) is 17.0. The number of H-pyrrole nitrogens is 1. The Labute approximate surface area is 171 Å². The Kier molecular flexibility index (Phi) is 5.76. The summed E-state index contributed by atoms with van der Waals surface area (Å²) in [4.78, 5) is 13.0. The van der Waals surface area contributed by atoms with Crippen molar-refractivity contribution in [1.82, 2.24) is 15.5 Å². The lowest BCUT2D eigenvalue weighted by molar-refractivity contribution is -0.118. The van der Waals surface area contributed by atoms with Gasteiger partial charge in [-0.15, -0.1) is 0 Å². The van der Waals surface area contributed by atoms with E-state index in [1.54, 1.807) is 6.20 Å². The van der Waals surface area contributed by atoms with Crippen LogP contribution in [0.2, 0.25) is 0 Å². The first kappa shape index (κ1) is 19.4. The molecule has 29 heavy (non-hydrogen) atoms. The summed E-state index contributed by atoms with van der Waals surface area (Å²) in [5, 5.41) is 13.1. The Bertz CT molecular complexity index is 926. The topological polar surface area (TPSA) is 69.8 Å². The number of nitrogens with zero attached hydrogens (tertiary/aromatic N) is 1. The SMILES string of the molecule is CCNC(C(=O)Nc1ccc(-c2cn[nH]c2)cc1)c1ccc(C2CC(C)C2)cc1. The van der Waals surface area contributed by atoms with Gasteiger partial charge in [0, 0.05) is 17.4 Å². The Hall–Kier alpha value is -2.92. The summed E-state index contributed by atoms with van der Waals surface area (Å²) in [7, 11) is 0. The molecule has 1 saturated carbocycles. The molecule has 4 rings (SSSR count). The second kappa shape index (κ2) is 8.62. The molecule has 0 aliphatic heterocycles. The van der Waals surface area contributed by atoms with E-state index in [0.29, 0.717) is 5.92 Å². The molecule has 1 fully saturated rings. The van der Waals surface area contributed by atoms with Gasteiger partial charge in [-0.1, -0.05) is 50.2 Å². The van der Waals surface area contributed by atoms with Gasteiger partial charge in [0.1, 0.15) is 6.04 Å². The molecule has 150 valence electrons. The summed E-state index contributed by atoms with van der Waals surface area (Å²) in [5.74, 6) is 1.46. The molecule has 5 nitrogen and oxygen atoms in total. The lowest BCUT2D eigenvalue weighted by Crippen LogP contribution is -2.33. The lowest BCUT2D eigenvalue weighted by Gasteiger charge is -2.33. The molecule has 1 unspecified atom stereocenters. The van der Waals surface area contributed by atoms with E-state index in [2.05, 4.69) is 52.0 Å². The van der Waals surface area contributed by atoms with Gasteiger partial charge < -0.3 is 10.6 Å². The monoisotopic (exact) mass is 388 g/mol. The number of rotatable bonds is 7. The highest BCUT2D eigenvalue weighted by molar-refractivity contribution is 5.95. The normalized spacial score (nSPS) is 19.4. The van der Waals surface area contributed by atoms with Crippen LogP contribution in [0.4, 0.5) is 5.69 Å². The zero-order valence-electron chi connectivity index (χ0n) is 17.0. The fraction of sp³-hybridized carbons (Fsp3) is 0.333. The quantitative estimate of drug-likeness (QED) is 0.540. The summed E-state index contributed by atoms with van der Waals surface area (Å²) in [6.07, 6.45) is 6.17. The molecule has 1 aliphatic carbocycles. The molecule has 1 aliphatic rings. The minimum Gasteiger partial charge on any atom is -0.324 e. The van der Waals surface area contributed by atoms with E-state index >= 15 is 0 Å². The van der Waals surface area contributed by atoms with Crippen molar-refractivity contribution in [3.05, 3.63) is 72.1 Å². The first-order chi connectivity index (χ1) is 14.1. The van der Waals surface area contributed by atoms with E-state index in [9.17, 15) is 4.79 Å². The van der Waals surface area contributed by atoms with Crippen molar-refractivity contribution in [1.29, 1.82) is 0 Å². The average molecular weight is 389 g/mol. The highest BCUT2D eigenvalue weighted by Gasteiger charge is 2.27. The average Bonchev–Trinajstić information content (AvgIpc) is 3.25. The van der Waals surface area contributed by atoms with Crippen LogP contribution in [0.3, 0.4) is 0 Å². The Morgan fingerprint density at radius 3 is 2.41 bits per heavy atom. The number of anilines is 1. The summed E-state index contributed by atoms with van der Waals surface area (Å²) < 4.78 is 0. The summed E-state index contributed by atoms with van der Waals surface area (Å²) in [6, 6.07) is 16.0. The minimum atomic E-state index is -0.372. The van der Waals surface area contributed by atoms with Crippen LogP contribution in [0.15, 0.2) is 60.9 Å². The molecular formula is C24H28N4O. The van der Waals surface area contributed by atoms with Crippen molar-refractivity contribution in [3.8, 4) is 11.1 Å². The van der Waals surface area contributed by atoms with Gasteiger partial charge in [-0.3, -0.25) is 9.89 Å². The van der Waals surface area contributed by atoms with Gasteiger partial charge >= 0.3 is 0 Å². The van der Waals surface area contributed by atoms with Crippen LogP contribution in [0.5, 0.6) is 0 Å². The van der Waals surface area contributed by atoms with Gasteiger partial charge in [0.15, 0.2) is 0 Å². The molecule has 5 heteroatoms. The van der Waals surface area contributed by atoms with Crippen LogP contribution in [0.1, 0.15) is 49.8 Å². The fourth-order valence-corrected chi connectivity index (χ4v) is 4.07. The second-order valence-electron chi connectivity index (χ2n) is 7.98. The third-order valence-electron chi connectivity index (χ3n) is 5.77. The number of likely N-dealkylation sites (N-methyl/N-ethyl adjacent to an activating group) is 1. The van der Waals surface area contributed by atoms with Crippen LogP contribution >= 0.6 is 0 Å². The standard InChI is InChI=1S/C24H28N4O/c1-3-25-23(19-6-4-17(5-7-19)20-12-16(2)13-20)24(29)28-22-10-8-18(9-11-22)21-14-26-27-15-21/h4-11,14-16,20,23,25H,3,12-13H2,1-2H3,(H,26,27)(H,28,29). The van der Waals surface area contributed by atoms with E-state index in [1.807, 2.05) is 37.4 Å². The fourth-order valence-electron chi connectivity index (χ4n) is 4.07. The third kappa shape index (κ3) is 4.40. The van der Waals surface area contributed by atoms with Crippen LogP contribution in [0, 0.1) is 5.92 Å². The van der Waals surface area contributed by atoms with E-state index in [-0.39, 0.29) is 11.9 Å². The van der Waals surface area contributed by atoms with Gasteiger partial charge in [0.2, 0.25) is 5.91 Å². The number of hydrogen-bond donors (Lipinski definition) is 3. The van der Waals surface area contributed by atoms with Gasteiger partial charge in [0.05, 0.1) is 6.20 Å². The first-order valence-corrected chi connectivity index (χ1v) is 10.4. The van der Waals surface area contributed by atoms with Crippen molar-refractivity contribution in [2.24, 2.45) is 5.92 Å². The van der Waals surface area contributed by atoms with E-state index in [4.69, 9.17) is 0 Å². The summed E-state index contributed by atoms with van der Waals surface area (Å²) in [5.41, 5.74) is 5.24. The maximum absolute atomic E-state index is 13.0. The lowest BCUT2D eigenvalue weighted by atomic mass is 9.72. The van der Waals surface area contributed by atoms with Crippen molar-refractivity contribution in [3.63, 3.8) is 0 Å². The van der Waals surface area contributed by atoms with Crippen molar-refractivity contribution in [2.45, 2.75) is 38.6 Å².